The molecule has 0 saturated carbocycles. The fraction of sp³-hybridized carbons (Fsp3) is 0.351. The predicted octanol–water partition coefficient (Wildman–Crippen LogP) is 7.59. The lowest BCUT2D eigenvalue weighted by atomic mass is 9.94. The van der Waals surface area contributed by atoms with E-state index in [1.807, 2.05) is 30.3 Å². The maximum absolute atomic E-state index is 15.6. The zero-order valence-electron chi connectivity index (χ0n) is 27.8. The Labute approximate surface area is 295 Å². The minimum Gasteiger partial charge on any atom is -0.481 e. The molecule has 2 aromatic carbocycles. The number of carbonyl (C=O) groups is 2. The van der Waals surface area contributed by atoms with Crippen LogP contribution in [0.1, 0.15) is 50.3 Å². The Hall–Kier alpha value is -4.25. The molecule has 2 amide bonds. The lowest BCUT2D eigenvalue weighted by molar-refractivity contribution is -0.119. The van der Waals surface area contributed by atoms with E-state index in [0.717, 1.165) is 18.5 Å². The van der Waals surface area contributed by atoms with Crippen molar-refractivity contribution in [2.75, 3.05) is 20.2 Å². The Morgan fingerprint density at radius 3 is 2.59 bits per heavy atom. The van der Waals surface area contributed by atoms with Gasteiger partial charge in [0.15, 0.2) is 0 Å². The Morgan fingerprint density at radius 1 is 1.08 bits per heavy atom. The van der Waals surface area contributed by atoms with Crippen LogP contribution >= 0.6 is 23.2 Å². The number of benzene rings is 2. The van der Waals surface area contributed by atoms with E-state index >= 15 is 4.39 Å². The highest BCUT2D eigenvalue weighted by Crippen LogP contribution is 2.42. The SMILES string of the molecule is COc1nc(-c2cccc(-c3ccnc(-c4cc(F)c5c(c4)CCN(CC4CCC(=O)N4)C5)c3Cl)c2Cl)ccc1CNC(=O)OC(C)(C)C. The number of nitrogens with one attached hydrogen (secondary N) is 2. The molecule has 0 radical (unpaired) electrons. The summed E-state index contributed by atoms with van der Waals surface area (Å²) in [5.74, 6) is 0.109. The molecule has 2 N–H and O–H groups in total. The maximum Gasteiger partial charge on any atom is 0.407 e. The van der Waals surface area contributed by atoms with Crippen LogP contribution in [0.25, 0.3) is 33.6 Å². The van der Waals surface area contributed by atoms with Gasteiger partial charge in [0.25, 0.3) is 0 Å². The topological polar surface area (TPSA) is 106 Å². The van der Waals surface area contributed by atoms with Gasteiger partial charge in [0.1, 0.15) is 11.4 Å². The van der Waals surface area contributed by atoms with Crippen LogP contribution in [0.5, 0.6) is 5.88 Å². The number of nitrogens with zero attached hydrogens (tertiary/aromatic N) is 3. The third-order valence-electron chi connectivity index (χ3n) is 8.61. The molecule has 1 saturated heterocycles. The lowest BCUT2D eigenvalue weighted by Gasteiger charge is -2.31. The number of halogens is 3. The standard InChI is InChI=1S/C37H38Cl2FN5O4/c1-37(2,3)49-36(47)42-18-22-8-10-30(44-35(22)48-4)27-7-5-6-25(32(27)38)26-12-14-41-34(33(26)39)23-16-21-13-15-45(20-28(21)29(40)17-23)19-24-9-11-31(46)43-24/h5-8,10,12,14,16-17,24H,9,11,13,15,18-20H2,1-4H3,(H,42,47)(H,43,46). The van der Waals surface area contributed by atoms with Crippen LogP contribution < -0.4 is 15.4 Å². The van der Waals surface area contributed by atoms with E-state index in [0.29, 0.717) is 86.6 Å². The first-order chi connectivity index (χ1) is 23.4. The van der Waals surface area contributed by atoms with Gasteiger partial charge < -0.3 is 20.1 Å². The Bertz CT molecular complexity index is 1910. The summed E-state index contributed by atoms with van der Waals surface area (Å²) in [6.45, 7) is 7.51. The van der Waals surface area contributed by atoms with Gasteiger partial charge in [0.2, 0.25) is 11.8 Å². The van der Waals surface area contributed by atoms with Gasteiger partial charge in [0.05, 0.1) is 35.1 Å². The molecule has 4 aromatic rings. The smallest absolute Gasteiger partial charge is 0.407 e. The van der Waals surface area contributed by atoms with Crippen molar-refractivity contribution in [3.63, 3.8) is 0 Å². The molecule has 6 rings (SSSR count). The summed E-state index contributed by atoms with van der Waals surface area (Å²) in [7, 11) is 1.51. The average Bonchev–Trinajstić information content (AvgIpc) is 3.47. The van der Waals surface area contributed by atoms with Crippen LogP contribution in [0.4, 0.5) is 9.18 Å². The average molecular weight is 707 g/mol. The highest BCUT2D eigenvalue weighted by Gasteiger charge is 2.27. The molecular formula is C37H38Cl2FN5O4. The van der Waals surface area contributed by atoms with Crippen molar-refractivity contribution in [2.45, 2.75) is 64.8 Å². The van der Waals surface area contributed by atoms with Gasteiger partial charge in [-0.1, -0.05) is 41.4 Å². The molecule has 256 valence electrons. The van der Waals surface area contributed by atoms with Crippen LogP contribution in [-0.4, -0.2) is 58.7 Å². The van der Waals surface area contributed by atoms with Gasteiger partial charge in [-0.3, -0.25) is 14.7 Å². The van der Waals surface area contributed by atoms with Crippen molar-refractivity contribution in [3.8, 4) is 39.5 Å². The number of pyridine rings is 2. The van der Waals surface area contributed by atoms with Crippen LogP contribution in [0.15, 0.2) is 54.7 Å². The van der Waals surface area contributed by atoms with E-state index in [1.165, 1.54) is 13.2 Å². The molecule has 2 aromatic heterocycles. The molecule has 2 aliphatic rings. The van der Waals surface area contributed by atoms with Gasteiger partial charge in [-0.25, -0.2) is 14.2 Å². The monoisotopic (exact) mass is 705 g/mol. The number of amides is 2. The molecule has 1 fully saturated rings. The van der Waals surface area contributed by atoms with E-state index in [1.54, 1.807) is 39.1 Å². The molecule has 2 aliphatic heterocycles. The molecule has 0 aliphatic carbocycles. The van der Waals surface area contributed by atoms with Crippen molar-refractivity contribution < 1.29 is 23.5 Å². The van der Waals surface area contributed by atoms with Crippen LogP contribution in [0.3, 0.4) is 0 Å². The predicted molar refractivity (Wildman–Crippen MR) is 188 cm³/mol. The molecule has 0 spiro atoms. The molecule has 49 heavy (non-hydrogen) atoms. The molecule has 4 heterocycles. The maximum atomic E-state index is 15.6. The number of aromatic nitrogens is 2. The first-order valence-electron chi connectivity index (χ1n) is 16.2. The number of hydrogen-bond donors (Lipinski definition) is 2. The minimum atomic E-state index is -0.618. The highest BCUT2D eigenvalue weighted by atomic mass is 35.5. The molecule has 0 bridgehead atoms. The number of carbonyl (C=O) groups excluding carboxylic acids is 2. The molecule has 12 heteroatoms. The largest absolute Gasteiger partial charge is 0.481 e. The van der Waals surface area contributed by atoms with E-state index < -0.39 is 11.7 Å². The van der Waals surface area contributed by atoms with Gasteiger partial charge in [-0.2, -0.15) is 0 Å². The first kappa shape index (κ1) is 34.6. The summed E-state index contributed by atoms with van der Waals surface area (Å²) in [4.78, 5) is 35.2. The van der Waals surface area contributed by atoms with Crippen LogP contribution in [0.2, 0.25) is 10.0 Å². The number of hydrogen-bond acceptors (Lipinski definition) is 7. The molecule has 9 nitrogen and oxygen atoms in total. The quantitative estimate of drug-likeness (QED) is 0.195. The van der Waals surface area contributed by atoms with Crippen LogP contribution in [0, 0.1) is 5.82 Å². The Kier molecular flexibility index (Phi) is 10.1. The molecule has 1 atom stereocenters. The Balaban J connectivity index is 1.24. The van der Waals surface area contributed by atoms with Gasteiger partial charge in [0, 0.05) is 71.7 Å². The summed E-state index contributed by atoms with van der Waals surface area (Å²) in [5.41, 5.74) is 5.21. The first-order valence-corrected chi connectivity index (χ1v) is 16.9. The number of ether oxygens (including phenoxy) is 2. The van der Waals surface area contributed by atoms with Gasteiger partial charge in [-0.05, 0) is 69.5 Å². The zero-order chi connectivity index (χ0) is 34.9. The molecular weight excluding hydrogens is 668 g/mol. The Morgan fingerprint density at radius 2 is 1.86 bits per heavy atom. The summed E-state index contributed by atoms with van der Waals surface area (Å²) < 4.78 is 26.5. The minimum absolute atomic E-state index is 0.0787. The van der Waals surface area contributed by atoms with E-state index in [2.05, 4.69) is 25.5 Å². The summed E-state index contributed by atoms with van der Waals surface area (Å²) >= 11 is 14.0. The second-order valence-electron chi connectivity index (χ2n) is 13.3. The third kappa shape index (κ3) is 7.82. The second-order valence-corrected chi connectivity index (χ2v) is 14.0. The van der Waals surface area contributed by atoms with Gasteiger partial charge >= 0.3 is 6.09 Å². The number of methoxy groups -OCH3 is 1. The fourth-order valence-corrected chi connectivity index (χ4v) is 6.94. The van der Waals surface area contributed by atoms with Crippen molar-refractivity contribution in [1.82, 2.24) is 25.5 Å². The van der Waals surface area contributed by atoms with Crippen molar-refractivity contribution in [1.29, 1.82) is 0 Å². The number of rotatable bonds is 8. The zero-order valence-corrected chi connectivity index (χ0v) is 29.3. The lowest BCUT2D eigenvalue weighted by Crippen LogP contribution is -2.41. The van der Waals surface area contributed by atoms with E-state index in [9.17, 15) is 9.59 Å². The third-order valence-corrected chi connectivity index (χ3v) is 9.40. The van der Waals surface area contributed by atoms with Crippen molar-refractivity contribution in [3.05, 3.63) is 87.3 Å². The second kappa shape index (κ2) is 14.3. The fourth-order valence-electron chi connectivity index (χ4n) is 6.30. The van der Waals surface area contributed by atoms with E-state index in [-0.39, 0.29) is 24.3 Å². The van der Waals surface area contributed by atoms with Gasteiger partial charge in [-0.15, -0.1) is 0 Å². The highest BCUT2D eigenvalue weighted by molar-refractivity contribution is 6.39. The summed E-state index contributed by atoms with van der Waals surface area (Å²) in [5, 5.41) is 6.50. The normalized spacial score (nSPS) is 16.2. The van der Waals surface area contributed by atoms with Crippen LogP contribution in [-0.2, 0) is 29.0 Å². The number of alkyl carbamates (subject to hydrolysis) is 1. The summed E-state index contributed by atoms with van der Waals surface area (Å²) in [6, 6.07) is 14.6. The molecule has 1 unspecified atom stereocenters. The van der Waals surface area contributed by atoms with E-state index in [4.69, 9.17) is 32.7 Å². The van der Waals surface area contributed by atoms with Crippen molar-refractivity contribution in [2.24, 2.45) is 0 Å². The summed E-state index contributed by atoms with van der Waals surface area (Å²) in [6.07, 6.45) is 3.13. The number of fused-ring (bicyclic) bond motifs is 1. The van der Waals surface area contributed by atoms with Crippen molar-refractivity contribution >= 4 is 35.2 Å².